The van der Waals surface area contributed by atoms with E-state index in [2.05, 4.69) is 27.3 Å². The highest BCUT2D eigenvalue weighted by Gasteiger charge is 2.32. The zero-order valence-corrected chi connectivity index (χ0v) is 12.4. The van der Waals surface area contributed by atoms with Crippen LogP contribution in [0.3, 0.4) is 0 Å². The predicted octanol–water partition coefficient (Wildman–Crippen LogP) is 2.20. The molecule has 0 aromatic carbocycles. The van der Waals surface area contributed by atoms with E-state index in [0.29, 0.717) is 12.1 Å². The standard InChI is InChI=1S/C15H26N4O/c1-2-13-8-16-14(12-6-4-3-5-7-12)9-19(13)10-15-17-11-20-18-15/h11-14,16H,2-10H2,1H3. The lowest BCUT2D eigenvalue weighted by Gasteiger charge is -2.43. The van der Waals surface area contributed by atoms with Crippen LogP contribution in [0.25, 0.3) is 0 Å². The van der Waals surface area contributed by atoms with Gasteiger partial charge < -0.3 is 9.84 Å². The van der Waals surface area contributed by atoms with Gasteiger partial charge in [-0.05, 0) is 25.2 Å². The molecule has 5 heteroatoms. The number of hydrogen-bond donors (Lipinski definition) is 1. The second-order valence-corrected chi connectivity index (χ2v) is 6.25. The van der Waals surface area contributed by atoms with E-state index < -0.39 is 0 Å². The summed E-state index contributed by atoms with van der Waals surface area (Å²) in [5.74, 6) is 1.67. The molecular weight excluding hydrogens is 252 g/mol. The average Bonchev–Trinajstić information content (AvgIpc) is 3.01. The van der Waals surface area contributed by atoms with Crippen LogP contribution in [0.15, 0.2) is 10.9 Å². The van der Waals surface area contributed by atoms with E-state index in [1.807, 2.05) is 0 Å². The molecule has 112 valence electrons. The molecule has 0 radical (unpaired) electrons. The van der Waals surface area contributed by atoms with E-state index in [1.165, 1.54) is 44.9 Å². The molecule has 1 saturated carbocycles. The number of aromatic nitrogens is 2. The lowest BCUT2D eigenvalue weighted by atomic mass is 9.82. The average molecular weight is 278 g/mol. The molecule has 2 heterocycles. The van der Waals surface area contributed by atoms with Crippen molar-refractivity contribution in [2.75, 3.05) is 13.1 Å². The van der Waals surface area contributed by atoms with Gasteiger partial charge >= 0.3 is 0 Å². The Hall–Kier alpha value is -0.940. The third-order valence-corrected chi connectivity index (χ3v) is 5.00. The normalized spacial score (nSPS) is 29.6. The van der Waals surface area contributed by atoms with Crippen molar-refractivity contribution in [2.24, 2.45) is 5.92 Å². The summed E-state index contributed by atoms with van der Waals surface area (Å²) in [6, 6.07) is 1.23. The van der Waals surface area contributed by atoms with E-state index in [9.17, 15) is 0 Å². The number of nitrogens with zero attached hydrogens (tertiary/aromatic N) is 3. The van der Waals surface area contributed by atoms with E-state index in [-0.39, 0.29) is 0 Å². The summed E-state index contributed by atoms with van der Waals surface area (Å²) < 4.78 is 4.86. The topological polar surface area (TPSA) is 54.2 Å². The molecule has 2 fully saturated rings. The second kappa shape index (κ2) is 6.68. The first-order valence-corrected chi connectivity index (χ1v) is 8.09. The smallest absolute Gasteiger partial charge is 0.213 e. The third-order valence-electron chi connectivity index (χ3n) is 5.00. The van der Waals surface area contributed by atoms with Gasteiger partial charge in [0, 0.05) is 25.2 Å². The van der Waals surface area contributed by atoms with Crippen molar-refractivity contribution in [1.82, 2.24) is 20.4 Å². The lowest BCUT2D eigenvalue weighted by molar-refractivity contribution is 0.0844. The van der Waals surface area contributed by atoms with Gasteiger partial charge in [-0.1, -0.05) is 31.3 Å². The minimum atomic E-state index is 0.591. The molecule has 0 spiro atoms. The Kier molecular flexibility index (Phi) is 4.68. The first-order valence-electron chi connectivity index (χ1n) is 8.09. The van der Waals surface area contributed by atoms with E-state index in [0.717, 1.165) is 31.4 Å². The van der Waals surface area contributed by atoms with Gasteiger partial charge in [0.1, 0.15) is 0 Å². The molecule has 1 aromatic rings. The molecule has 2 aliphatic rings. The lowest BCUT2D eigenvalue weighted by Crippen LogP contribution is -2.58. The first-order chi connectivity index (χ1) is 9.86. The predicted molar refractivity (Wildman–Crippen MR) is 77.2 cm³/mol. The van der Waals surface area contributed by atoms with Gasteiger partial charge in [0.25, 0.3) is 0 Å². The Morgan fingerprint density at radius 1 is 1.35 bits per heavy atom. The molecule has 2 unspecified atom stereocenters. The van der Waals surface area contributed by atoms with Crippen molar-refractivity contribution in [1.29, 1.82) is 0 Å². The minimum Gasteiger partial charge on any atom is -0.343 e. The molecule has 1 aliphatic heterocycles. The van der Waals surface area contributed by atoms with Gasteiger partial charge in [-0.25, -0.2) is 0 Å². The largest absolute Gasteiger partial charge is 0.343 e. The highest BCUT2D eigenvalue weighted by atomic mass is 16.5. The Labute approximate surface area is 121 Å². The van der Waals surface area contributed by atoms with Crippen molar-refractivity contribution in [3.63, 3.8) is 0 Å². The first kappa shape index (κ1) is 14.0. The van der Waals surface area contributed by atoms with Gasteiger partial charge in [-0.15, -0.1) is 0 Å². The van der Waals surface area contributed by atoms with Crippen molar-refractivity contribution in [2.45, 2.75) is 64.1 Å². The van der Waals surface area contributed by atoms with Gasteiger partial charge in [0.15, 0.2) is 5.82 Å². The third kappa shape index (κ3) is 3.20. The van der Waals surface area contributed by atoms with E-state index in [1.54, 1.807) is 0 Å². The van der Waals surface area contributed by atoms with Crippen LogP contribution in [0.1, 0.15) is 51.3 Å². The van der Waals surface area contributed by atoms with Crippen LogP contribution in [-0.2, 0) is 6.54 Å². The van der Waals surface area contributed by atoms with Gasteiger partial charge in [-0.2, -0.15) is 4.98 Å². The molecule has 3 rings (SSSR count). The second-order valence-electron chi connectivity index (χ2n) is 6.25. The maximum atomic E-state index is 4.86. The number of hydrogen-bond acceptors (Lipinski definition) is 5. The van der Waals surface area contributed by atoms with Crippen LogP contribution >= 0.6 is 0 Å². The van der Waals surface area contributed by atoms with Crippen LogP contribution in [0.5, 0.6) is 0 Å². The summed E-state index contributed by atoms with van der Waals surface area (Å²) in [6.45, 7) is 5.30. The van der Waals surface area contributed by atoms with Gasteiger partial charge in [0.05, 0.1) is 6.54 Å². The number of nitrogens with one attached hydrogen (secondary N) is 1. The summed E-state index contributed by atoms with van der Waals surface area (Å²) in [5.41, 5.74) is 0. The molecule has 0 bridgehead atoms. The summed E-state index contributed by atoms with van der Waals surface area (Å²) in [5, 5.41) is 7.76. The molecule has 5 nitrogen and oxygen atoms in total. The Balaban J connectivity index is 1.62. The molecule has 1 N–H and O–H groups in total. The van der Waals surface area contributed by atoms with Gasteiger partial charge in [-0.3, -0.25) is 4.90 Å². The monoisotopic (exact) mass is 278 g/mol. The summed E-state index contributed by atoms with van der Waals surface area (Å²) >= 11 is 0. The van der Waals surface area contributed by atoms with Crippen molar-refractivity contribution < 1.29 is 4.52 Å². The van der Waals surface area contributed by atoms with Crippen molar-refractivity contribution in [3.8, 4) is 0 Å². The zero-order chi connectivity index (χ0) is 13.8. The molecule has 1 aliphatic carbocycles. The quantitative estimate of drug-likeness (QED) is 0.915. The van der Waals surface area contributed by atoms with Crippen LogP contribution in [0.2, 0.25) is 0 Å². The zero-order valence-electron chi connectivity index (χ0n) is 12.4. The van der Waals surface area contributed by atoms with Crippen LogP contribution in [-0.4, -0.2) is 40.2 Å². The minimum absolute atomic E-state index is 0.591. The molecular formula is C15H26N4O. The fraction of sp³-hybridized carbons (Fsp3) is 0.867. The Bertz CT molecular complexity index is 389. The highest BCUT2D eigenvalue weighted by Crippen LogP contribution is 2.29. The number of rotatable bonds is 4. The van der Waals surface area contributed by atoms with Crippen molar-refractivity contribution >= 4 is 0 Å². The molecule has 1 aromatic heterocycles. The van der Waals surface area contributed by atoms with E-state index >= 15 is 0 Å². The van der Waals surface area contributed by atoms with Crippen molar-refractivity contribution in [3.05, 3.63) is 12.2 Å². The Morgan fingerprint density at radius 2 is 2.20 bits per heavy atom. The maximum absolute atomic E-state index is 4.86. The highest BCUT2D eigenvalue weighted by molar-refractivity contribution is 4.92. The van der Waals surface area contributed by atoms with Gasteiger partial charge in [0.2, 0.25) is 6.39 Å². The van der Waals surface area contributed by atoms with Crippen LogP contribution in [0.4, 0.5) is 0 Å². The summed E-state index contributed by atoms with van der Waals surface area (Å²) in [6.07, 6.45) is 9.62. The molecule has 2 atom stereocenters. The molecule has 20 heavy (non-hydrogen) atoms. The SMILES string of the molecule is CCC1CNC(C2CCCCC2)CN1Cc1ncon1. The van der Waals surface area contributed by atoms with Crippen LogP contribution in [0, 0.1) is 5.92 Å². The molecule has 1 saturated heterocycles. The number of piperazine rings is 1. The van der Waals surface area contributed by atoms with E-state index in [4.69, 9.17) is 4.52 Å². The fourth-order valence-electron chi connectivity index (χ4n) is 3.77. The maximum Gasteiger partial charge on any atom is 0.213 e. The molecule has 0 amide bonds. The Morgan fingerprint density at radius 3 is 2.90 bits per heavy atom. The summed E-state index contributed by atoms with van der Waals surface area (Å²) in [4.78, 5) is 6.72. The fourth-order valence-corrected chi connectivity index (χ4v) is 3.77. The summed E-state index contributed by atoms with van der Waals surface area (Å²) in [7, 11) is 0. The van der Waals surface area contributed by atoms with Crippen LogP contribution < -0.4 is 5.32 Å².